The highest BCUT2D eigenvalue weighted by molar-refractivity contribution is 7.89. The number of sulfonamides is 1. The van der Waals surface area contributed by atoms with Crippen molar-refractivity contribution in [1.82, 2.24) is 9.62 Å². The molecule has 0 aliphatic carbocycles. The zero-order chi connectivity index (χ0) is 18.0. The smallest absolute Gasteiger partial charge is 0.242 e. The Morgan fingerprint density at radius 2 is 1.65 bits per heavy atom. The number of rotatable bonds is 5. The van der Waals surface area contributed by atoms with E-state index in [1.165, 1.54) is 26.2 Å². The normalized spacial score (nSPS) is 15.3. The second-order valence-corrected chi connectivity index (χ2v) is 9.08. The van der Waals surface area contributed by atoms with E-state index in [-0.39, 0.29) is 22.3 Å². The Morgan fingerprint density at radius 3 is 2.04 bits per heavy atom. The molecule has 0 aromatic heterocycles. The number of benzene rings is 1. The summed E-state index contributed by atoms with van der Waals surface area (Å²) in [6.45, 7) is 7.55. The van der Waals surface area contributed by atoms with Crippen molar-refractivity contribution in [3.05, 3.63) is 29.8 Å². The van der Waals surface area contributed by atoms with Crippen molar-refractivity contribution in [2.24, 2.45) is 11.1 Å². The number of hydrogen-bond acceptors (Lipinski definition) is 4. The van der Waals surface area contributed by atoms with Crippen molar-refractivity contribution >= 4 is 15.9 Å². The molecular weight excluding hydrogens is 314 g/mol. The van der Waals surface area contributed by atoms with E-state index in [4.69, 9.17) is 5.73 Å². The maximum absolute atomic E-state index is 12.2. The second-order valence-electron chi connectivity index (χ2n) is 6.93. The van der Waals surface area contributed by atoms with Gasteiger partial charge in [0.05, 0.1) is 17.0 Å². The van der Waals surface area contributed by atoms with Crippen LogP contribution in [0.5, 0.6) is 0 Å². The average molecular weight is 341 g/mol. The molecule has 0 saturated carbocycles. The lowest BCUT2D eigenvalue weighted by Crippen LogP contribution is -2.49. The predicted octanol–water partition coefficient (Wildman–Crippen LogP) is 1.49. The highest BCUT2D eigenvalue weighted by Gasteiger charge is 2.28. The molecule has 7 heteroatoms. The fourth-order valence-electron chi connectivity index (χ4n) is 1.92. The third-order valence-corrected chi connectivity index (χ3v) is 5.56. The number of nitrogens with one attached hydrogen (secondary N) is 1. The van der Waals surface area contributed by atoms with E-state index >= 15 is 0 Å². The van der Waals surface area contributed by atoms with Crippen LogP contribution in [0.3, 0.4) is 0 Å². The van der Waals surface area contributed by atoms with Gasteiger partial charge in [0.25, 0.3) is 0 Å². The van der Waals surface area contributed by atoms with E-state index < -0.39 is 16.1 Å². The highest BCUT2D eigenvalue weighted by Crippen LogP contribution is 2.20. The second kappa shape index (κ2) is 6.98. The Kier molecular flexibility index (Phi) is 5.95. The molecule has 1 unspecified atom stereocenters. The molecule has 2 atom stereocenters. The van der Waals surface area contributed by atoms with Crippen molar-refractivity contribution in [2.45, 2.75) is 44.7 Å². The summed E-state index contributed by atoms with van der Waals surface area (Å²) in [6, 6.07) is 5.60. The van der Waals surface area contributed by atoms with E-state index in [1.807, 2.05) is 27.7 Å². The minimum atomic E-state index is -3.45. The van der Waals surface area contributed by atoms with Crippen LogP contribution in [-0.4, -0.2) is 38.8 Å². The molecule has 0 aliphatic heterocycles. The highest BCUT2D eigenvalue weighted by atomic mass is 32.2. The minimum Gasteiger partial charge on any atom is -0.348 e. The first-order chi connectivity index (χ1) is 10.4. The molecule has 1 rings (SSSR count). The molecule has 0 radical (unpaired) electrons. The summed E-state index contributed by atoms with van der Waals surface area (Å²) in [5.74, 6) is -0.227. The Bertz CT molecular complexity index is 646. The van der Waals surface area contributed by atoms with Crippen LogP contribution in [0.2, 0.25) is 0 Å². The summed E-state index contributed by atoms with van der Waals surface area (Å²) < 4.78 is 25.2. The molecule has 3 N–H and O–H groups in total. The van der Waals surface area contributed by atoms with Crippen LogP contribution in [-0.2, 0) is 14.8 Å². The molecule has 0 saturated heterocycles. The average Bonchev–Trinajstić information content (AvgIpc) is 2.45. The molecule has 1 amide bonds. The van der Waals surface area contributed by atoms with Crippen LogP contribution < -0.4 is 11.1 Å². The number of nitrogens with zero attached hydrogens (tertiary/aromatic N) is 1. The van der Waals surface area contributed by atoms with Crippen molar-refractivity contribution in [2.75, 3.05) is 14.1 Å². The summed E-state index contributed by atoms with van der Waals surface area (Å²) >= 11 is 0. The van der Waals surface area contributed by atoms with E-state index in [2.05, 4.69) is 5.32 Å². The third kappa shape index (κ3) is 4.76. The fraction of sp³-hybridized carbons (Fsp3) is 0.562. The maximum atomic E-state index is 12.2. The van der Waals surface area contributed by atoms with Crippen LogP contribution in [0.4, 0.5) is 0 Å². The van der Waals surface area contributed by atoms with Gasteiger partial charge in [-0.25, -0.2) is 12.7 Å². The van der Waals surface area contributed by atoms with Crippen LogP contribution in [0.25, 0.3) is 0 Å². The molecule has 6 nitrogen and oxygen atoms in total. The number of nitrogens with two attached hydrogens (primary N) is 1. The lowest BCUT2D eigenvalue weighted by molar-refractivity contribution is -0.125. The van der Waals surface area contributed by atoms with Gasteiger partial charge in [0.15, 0.2) is 0 Å². The van der Waals surface area contributed by atoms with Gasteiger partial charge < -0.3 is 11.1 Å². The Labute approximate surface area is 139 Å². The molecule has 130 valence electrons. The summed E-state index contributed by atoms with van der Waals surface area (Å²) in [6.07, 6.45) is 0. The Morgan fingerprint density at radius 1 is 1.17 bits per heavy atom. The van der Waals surface area contributed by atoms with E-state index in [9.17, 15) is 13.2 Å². The predicted molar refractivity (Wildman–Crippen MR) is 91.3 cm³/mol. The van der Waals surface area contributed by atoms with Gasteiger partial charge in [0.1, 0.15) is 0 Å². The topological polar surface area (TPSA) is 92.5 Å². The number of carbonyl (C=O) groups excluding carboxylic acids is 1. The molecule has 0 aliphatic rings. The third-order valence-electron chi connectivity index (χ3n) is 3.73. The molecule has 0 heterocycles. The molecule has 23 heavy (non-hydrogen) atoms. The molecule has 0 spiro atoms. The summed E-state index contributed by atoms with van der Waals surface area (Å²) in [4.78, 5) is 12.4. The van der Waals surface area contributed by atoms with Gasteiger partial charge in [0, 0.05) is 14.1 Å². The van der Waals surface area contributed by atoms with E-state index in [1.54, 1.807) is 12.1 Å². The number of amides is 1. The van der Waals surface area contributed by atoms with E-state index in [0.29, 0.717) is 0 Å². The van der Waals surface area contributed by atoms with Crippen LogP contribution >= 0.6 is 0 Å². The van der Waals surface area contributed by atoms with Crippen LogP contribution in [0, 0.1) is 5.41 Å². The SMILES string of the molecule is CC(NC(=O)[C@@H](N)C(C)(C)C)c1ccc(S(=O)(=O)N(C)C)cc1. The summed E-state index contributed by atoms with van der Waals surface area (Å²) in [7, 11) is -0.477. The zero-order valence-electron chi connectivity index (χ0n) is 14.6. The van der Waals surface area contributed by atoms with Gasteiger partial charge in [-0.3, -0.25) is 4.79 Å². The lowest BCUT2D eigenvalue weighted by atomic mass is 9.86. The first kappa shape index (κ1) is 19.6. The van der Waals surface area contributed by atoms with Gasteiger partial charge in [0.2, 0.25) is 15.9 Å². The Balaban J connectivity index is 2.87. The van der Waals surface area contributed by atoms with Crippen LogP contribution in [0.1, 0.15) is 39.3 Å². The van der Waals surface area contributed by atoms with Gasteiger partial charge in [-0.15, -0.1) is 0 Å². The van der Waals surface area contributed by atoms with Crippen LogP contribution in [0.15, 0.2) is 29.2 Å². The summed E-state index contributed by atoms with van der Waals surface area (Å²) in [5, 5.41) is 2.86. The zero-order valence-corrected chi connectivity index (χ0v) is 15.4. The quantitative estimate of drug-likeness (QED) is 0.848. The number of hydrogen-bond donors (Lipinski definition) is 2. The standard InChI is InChI=1S/C16H27N3O3S/c1-11(18-15(20)14(17)16(2,3)4)12-7-9-13(10-8-12)23(21,22)19(5)6/h7-11,14H,17H2,1-6H3,(H,18,20)/t11?,14-/m1/s1. The molecule has 0 bridgehead atoms. The molecule has 0 fully saturated rings. The van der Waals surface area contributed by atoms with E-state index in [0.717, 1.165) is 9.87 Å². The Hall–Kier alpha value is -1.44. The van der Waals surface area contributed by atoms with Crippen molar-refractivity contribution in [1.29, 1.82) is 0 Å². The first-order valence-electron chi connectivity index (χ1n) is 7.46. The van der Waals surface area contributed by atoms with Gasteiger partial charge in [-0.05, 0) is 30.0 Å². The lowest BCUT2D eigenvalue weighted by Gasteiger charge is -2.27. The maximum Gasteiger partial charge on any atom is 0.242 e. The fourth-order valence-corrected chi connectivity index (χ4v) is 2.82. The van der Waals surface area contributed by atoms with Crippen molar-refractivity contribution < 1.29 is 13.2 Å². The van der Waals surface area contributed by atoms with Crippen molar-refractivity contribution in [3.8, 4) is 0 Å². The molecule has 1 aromatic carbocycles. The van der Waals surface area contributed by atoms with Crippen molar-refractivity contribution in [3.63, 3.8) is 0 Å². The first-order valence-corrected chi connectivity index (χ1v) is 8.90. The molecular formula is C16H27N3O3S. The van der Waals surface area contributed by atoms with Gasteiger partial charge >= 0.3 is 0 Å². The minimum absolute atomic E-state index is 0.219. The largest absolute Gasteiger partial charge is 0.348 e. The monoisotopic (exact) mass is 341 g/mol. The van der Waals surface area contributed by atoms with Gasteiger partial charge in [-0.1, -0.05) is 32.9 Å². The number of carbonyl (C=O) groups is 1. The van der Waals surface area contributed by atoms with Gasteiger partial charge in [-0.2, -0.15) is 0 Å². The molecule has 1 aromatic rings. The summed E-state index contributed by atoms with van der Waals surface area (Å²) in [5.41, 5.74) is 6.43.